The average Bonchev–Trinajstić information content (AvgIpc) is 3.19. The molecule has 0 bridgehead atoms. The van der Waals surface area contributed by atoms with Crippen LogP contribution in [0.3, 0.4) is 0 Å². The molecule has 7 nitrogen and oxygen atoms in total. The molecule has 0 unspecified atom stereocenters. The summed E-state index contributed by atoms with van der Waals surface area (Å²) in [5.41, 5.74) is 4.35. The molecule has 0 radical (unpaired) electrons. The number of carbonyl (C=O) groups excluding carboxylic acids is 1. The van der Waals surface area contributed by atoms with Crippen LogP contribution in [-0.2, 0) is 14.8 Å². The van der Waals surface area contributed by atoms with Gasteiger partial charge in [0.15, 0.2) is 0 Å². The maximum absolute atomic E-state index is 12.9. The third kappa shape index (κ3) is 4.95. The largest absolute Gasteiger partial charge is 0.378 e. The van der Waals surface area contributed by atoms with Gasteiger partial charge in [0, 0.05) is 31.4 Å². The van der Waals surface area contributed by atoms with E-state index in [4.69, 9.17) is 11.6 Å². The predicted octanol–water partition coefficient (Wildman–Crippen LogP) is 2.71. The minimum Gasteiger partial charge on any atom is -0.378 e. The number of carbonyl (C=O) groups is 1. The van der Waals surface area contributed by atoms with Crippen molar-refractivity contribution in [1.82, 2.24) is 9.73 Å². The smallest absolute Gasteiger partial charge is 0.258 e. The zero-order chi connectivity index (χ0) is 21.0. The van der Waals surface area contributed by atoms with E-state index in [9.17, 15) is 13.2 Å². The van der Waals surface area contributed by atoms with Gasteiger partial charge in [-0.05, 0) is 54.8 Å². The van der Waals surface area contributed by atoms with E-state index in [1.165, 1.54) is 34.8 Å². The lowest BCUT2D eigenvalue weighted by Gasteiger charge is -2.22. The molecule has 1 fully saturated rings. The standard InChI is InChI=1S/C20H23ClN4O3S/c1-24(2)17-9-5-15(6-10-17)14-22-23-20(26)19-4-3-13-25(19)29(27,28)18-11-7-16(21)8-12-18/h5-12,14,19H,3-4,13H2,1-2H3,(H,23,26)/b22-14-/t19-/m0/s1. The second-order valence-electron chi connectivity index (χ2n) is 6.95. The molecular formula is C20H23ClN4O3S. The Kier molecular flexibility index (Phi) is 6.56. The van der Waals surface area contributed by atoms with Crippen LogP contribution in [-0.4, -0.2) is 51.5 Å². The van der Waals surface area contributed by atoms with Crippen LogP contribution in [0.25, 0.3) is 0 Å². The highest BCUT2D eigenvalue weighted by Gasteiger charge is 2.39. The molecule has 1 aliphatic heterocycles. The number of anilines is 1. The maximum Gasteiger partial charge on any atom is 0.258 e. The van der Waals surface area contributed by atoms with E-state index in [1.54, 1.807) is 0 Å². The highest BCUT2D eigenvalue weighted by atomic mass is 35.5. The fourth-order valence-corrected chi connectivity index (χ4v) is 4.92. The molecule has 1 aliphatic rings. The van der Waals surface area contributed by atoms with Crippen LogP contribution in [0.5, 0.6) is 0 Å². The van der Waals surface area contributed by atoms with Crippen molar-refractivity contribution in [2.45, 2.75) is 23.8 Å². The van der Waals surface area contributed by atoms with E-state index >= 15 is 0 Å². The van der Waals surface area contributed by atoms with Gasteiger partial charge in [0.1, 0.15) is 6.04 Å². The number of hydrogen-bond acceptors (Lipinski definition) is 5. The molecule has 29 heavy (non-hydrogen) atoms. The fourth-order valence-electron chi connectivity index (χ4n) is 3.14. The van der Waals surface area contributed by atoms with Crippen molar-refractivity contribution in [2.24, 2.45) is 5.10 Å². The van der Waals surface area contributed by atoms with Gasteiger partial charge in [-0.1, -0.05) is 23.7 Å². The second-order valence-corrected chi connectivity index (χ2v) is 9.27. The third-order valence-electron chi connectivity index (χ3n) is 4.72. The van der Waals surface area contributed by atoms with E-state index in [0.717, 1.165) is 11.3 Å². The second kappa shape index (κ2) is 8.94. The molecule has 1 heterocycles. The van der Waals surface area contributed by atoms with E-state index in [-0.39, 0.29) is 4.90 Å². The molecule has 9 heteroatoms. The van der Waals surface area contributed by atoms with Crippen LogP contribution in [0.15, 0.2) is 58.5 Å². The summed E-state index contributed by atoms with van der Waals surface area (Å²) in [6.07, 6.45) is 2.59. The van der Waals surface area contributed by atoms with Crippen LogP contribution >= 0.6 is 11.6 Å². The fraction of sp³-hybridized carbons (Fsp3) is 0.300. The summed E-state index contributed by atoms with van der Waals surface area (Å²) in [4.78, 5) is 14.7. The van der Waals surface area contributed by atoms with Crippen molar-refractivity contribution in [3.05, 3.63) is 59.1 Å². The SMILES string of the molecule is CN(C)c1ccc(/C=N\NC(=O)[C@@H]2CCCN2S(=O)(=O)c2ccc(Cl)cc2)cc1. The number of nitrogens with zero attached hydrogens (tertiary/aromatic N) is 3. The normalized spacial score (nSPS) is 17.6. The summed E-state index contributed by atoms with van der Waals surface area (Å²) < 4.78 is 27.0. The van der Waals surface area contributed by atoms with Crippen molar-refractivity contribution < 1.29 is 13.2 Å². The van der Waals surface area contributed by atoms with Gasteiger partial charge in [0.2, 0.25) is 10.0 Å². The highest BCUT2D eigenvalue weighted by Crippen LogP contribution is 2.27. The number of rotatable bonds is 6. The summed E-state index contributed by atoms with van der Waals surface area (Å²) in [5, 5.41) is 4.44. The summed E-state index contributed by atoms with van der Waals surface area (Å²) in [6.45, 7) is 0.290. The van der Waals surface area contributed by atoms with Crippen LogP contribution in [0.1, 0.15) is 18.4 Å². The molecule has 1 atom stereocenters. The first-order valence-corrected chi connectivity index (χ1v) is 11.0. The Morgan fingerprint density at radius 2 is 1.83 bits per heavy atom. The highest BCUT2D eigenvalue weighted by molar-refractivity contribution is 7.89. The van der Waals surface area contributed by atoms with Crippen molar-refractivity contribution in [2.75, 3.05) is 25.5 Å². The topological polar surface area (TPSA) is 82.1 Å². The van der Waals surface area contributed by atoms with Crippen molar-refractivity contribution in [3.8, 4) is 0 Å². The Morgan fingerprint density at radius 3 is 2.45 bits per heavy atom. The molecule has 0 aromatic heterocycles. The predicted molar refractivity (Wildman–Crippen MR) is 115 cm³/mol. The molecule has 154 valence electrons. The number of hydrazone groups is 1. The Hall–Kier alpha value is -2.42. The van der Waals surface area contributed by atoms with Gasteiger partial charge in [-0.2, -0.15) is 9.41 Å². The lowest BCUT2D eigenvalue weighted by molar-refractivity contribution is -0.124. The molecule has 1 N–H and O–H groups in total. The van der Waals surface area contributed by atoms with E-state index < -0.39 is 22.0 Å². The maximum atomic E-state index is 12.9. The Balaban J connectivity index is 1.67. The summed E-state index contributed by atoms with van der Waals surface area (Å²) in [5.74, 6) is -0.443. The zero-order valence-corrected chi connectivity index (χ0v) is 17.8. The molecule has 2 aromatic rings. The first-order valence-electron chi connectivity index (χ1n) is 9.17. The molecular weight excluding hydrogens is 412 g/mol. The van der Waals surface area contributed by atoms with Gasteiger partial charge in [-0.3, -0.25) is 4.79 Å². The monoisotopic (exact) mass is 434 g/mol. The van der Waals surface area contributed by atoms with E-state index in [2.05, 4.69) is 10.5 Å². The number of amides is 1. The minimum atomic E-state index is -3.78. The first-order chi connectivity index (χ1) is 13.8. The van der Waals surface area contributed by atoms with Gasteiger partial charge in [-0.25, -0.2) is 13.8 Å². The zero-order valence-electron chi connectivity index (χ0n) is 16.2. The molecule has 1 saturated heterocycles. The van der Waals surface area contributed by atoms with Gasteiger partial charge < -0.3 is 4.90 Å². The van der Waals surface area contributed by atoms with Gasteiger partial charge in [-0.15, -0.1) is 0 Å². The van der Waals surface area contributed by atoms with Crippen molar-refractivity contribution in [3.63, 3.8) is 0 Å². The lowest BCUT2D eigenvalue weighted by atomic mass is 10.2. The van der Waals surface area contributed by atoms with Crippen molar-refractivity contribution in [1.29, 1.82) is 0 Å². The van der Waals surface area contributed by atoms with Crippen LogP contribution in [0.2, 0.25) is 5.02 Å². The number of sulfonamides is 1. The molecule has 3 rings (SSSR count). The summed E-state index contributed by atoms with van der Waals surface area (Å²) in [7, 11) is 0.124. The first kappa shape index (κ1) is 21.3. The number of nitrogens with one attached hydrogen (secondary N) is 1. The Bertz CT molecular complexity index is 989. The number of halogens is 1. The molecule has 0 saturated carbocycles. The van der Waals surface area contributed by atoms with Gasteiger partial charge in [0.05, 0.1) is 11.1 Å². The number of hydrogen-bond donors (Lipinski definition) is 1. The average molecular weight is 435 g/mol. The summed E-state index contributed by atoms with van der Waals surface area (Å²) >= 11 is 5.84. The molecule has 0 aliphatic carbocycles. The van der Waals surface area contributed by atoms with Gasteiger partial charge >= 0.3 is 0 Å². The Morgan fingerprint density at radius 1 is 1.17 bits per heavy atom. The van der Waals surface area contributed by atoms with E-state index in [0.29, 0.717) is 24.4 Å². The van der Waals surface area contributed by atoms with Crippen LogP contribution < -0.4 is 10.3 Å². The summed E-state index contributed by atoms with van der Waals surface area (Å²) in [6, 6.07) is 12.8. The van der Waals surface area contributed by atoms with Crippen molar-refractivity contribution >= 4 is 39.4 Å². The Labute approximate surface area is 176 Å². The van der Waals surface area contributed by atoms with Crippen LogP contribution in [0, 0.1) is 0 Å². The molecule has 1 amide bonds. The quantitative estimate of drug-likeness (QED) is 0.559. The number of benzene rings is 2. The van der Waals surface area contributed by atoms with Crippen LogP contribution in [0.4, 0.5) is 5.69 Å². The molecule has 2 aromatic carbocycles. The van der Waals surface area contributed by atoms with E-state index in [1.807, 2.05) is 43.3 Å². The third-order valence-corrected chi connectivity index (χ3v) is 6.90. The molecule has 0 spiro atoms. The van der Waals surface area contributed by atoms with Gasteiger partial charge in [0.25, 0.3) is 5.91 Å². The lowest BCUT2D eigenvalue weighted by Crippen LogP contribution is -2.44. The minimum absolute atomic E-state index is 0.117.